The fourth-order valence-electron chi connectivity index (χ4n) is 10.2. The van der Waals surface area contributed by atoms with E-state index >= 15 is 0 Å². The molecule has 1 heterocycles. The standard InChI is InChI=1S/C33H47N3O3/c1-20(8-11-30(39)36-35-19-21-18-34-28-7-5-4-6-24(21)28)25-9-10-26-31-27(13-15-33(25,26)3)32(2)14-12-23(37)16-22(32)17-29(31)38/h4-7,18-20,22-23,25-27,29,31,34,37-38H,8-17H2,1-3H3,(H,36,39)/b35-19+/t20-,22-,23+,25+,26-,27-,29-,31-,32+,33+/m1/s1. The molecule has 6 rings (SSSR count). The zero-order chi connectivity index (χ0) is 27.4. The molecule has 1 amide bonds. The zero-order valence-electron chi connectivity index (χ0n) is 23.9. The van der Waals surface area contributed by atoms with Crippen LogP contribution in [0.3, 0.4) is 0 Å². The summed E-state index contributed by atoms with van der Waals surface area (Å²) in [4.78, 5) is 15.9. The number of hydrazone groups is 1. The van der Waals surface area contributed by atoms with Crippen LogP contribution in [-0.2, 0) is 4.79 Å². The summed E-state index contributed by atoms with van der Waals surface area (Å²) < 4.78 is 0. The number of rotatable bonds is 6. The van der Waals surface area contributed by atoms with Crippen LogP contribution in [0.2, 0.25) is 0 Å². The minimum atomic E-state index is -0.238. The lowest BCUT2D eigenvalue weighted by Gasteiger charge is -2.62. The number of aromatic amines is 1. The number of nitrogens with one attached hydrogen (secondary N) is 2. The van der Waals surface area contributed by atoms with Crippen molar-refractivity contribution in [3.05, 3.63) is 36.0 Å². The molecule has 0 spiro atoms. The molecule has 6 heteroatoms. The molecule has 212 valence electrons. The maximum absolute atomic E-state index is 12.7. The van der Waals surface area contributed by atoms with Crippen molar-refractivity contribution in [2.45, 2.75) is 97.2 Å². The van der Waals surface area contributed by atoms with Crippen LogP contribution >= 0.6 is 0 Å². The summed E-state index contributed by atoms with van der Waals surface area (Å²) in [6.07, 6.45) is 13.2. The number of H-pyrrole nitrogens is 1. The number of hydrogen-bond acceptors (Lipinski definition) is 4. The third-order valence-electron chi connectivity index (χ3n) is 12.3. The quantitative estimate of drug-likeness (QED) is 0.270. The van der Waals surface area contributed by atoms with Gasteiger partial charge in [-0.15, -0.1) is 0 Å². The number of carbonyl (C=O) groups is 1. The number of aromatic nitrogens is 1. The molecule has 4 aliphatic rings. The molecule has 4 saturated carbocycles. The molecule has 0 aliphatic heterocycles. The van der Waals surface area contributed by atoms with Crippen LogP contribution in [0.1, 0.15) is 90.5 Å². The van der Waals surface area contributed by atoms with E-state index < -0.39 is 0 Å². The van der Waals surface area contributed by atoms with E-state index in [1.807, 2.05) is 30.5 Å². The predicted octanol–water partition coefficient (Wildman–Crippen LogP) is 6.02. The Balaban J connectivity index is 1.06. The Hall–Kier alpha value is -2.18. The number of amides is 1. The van der Waals surface area contributed by atoms with Gasteiger partial charge in [0, 0.05) is 29.1 Å². The SMILES string of the molecule is C[C@H](CCC(=O)N/N=C/c1c[nH]c2ccccc12)[C@@H]1CC[C@@H]2[C@H]3[C@H](O)C[C@H]4C[C@@H](O)CC[C@]4(C)[C@@H]3CC[C@]21C. The summed E-state index contributed by atoms with van der Waals surface area (Å²) in [6, 6.07) is 8.07. The summed E-state index contributed by atoms with van der Waals surface area (Å²) in [5.74, 6) is 3.02. The Morgan fingerprint density at radius 2 is 1.87 bits per heavy atom. The van der Waals surface area contributed by atoms with Gasteiger partial charge in [-0.2, -0.15) is 5.10 Å². The molecule has 10 atom stereocenters. The van der Waals surface area contributed by atoms with Crippen LogP contribution in [-0.4, -0.2) is 39.5 Å². The average Bonchev–Trinajstić information content (AvgIpc) is 3.49. The second-order valence-electron chi connectivity index (χ2n) is 14.1. The van der Waals surface area contributed by atoms with Crippen LogP contribution in [0.15, 0.2) is 35.6 Å². The zero-order valence-corrected chi connectivity index (χ0v) is 23.9. The molecule has 6 nitrogen and oxygen atoms in total. The Labute approximate surface area is 233 Å². The Bertz CT molecular complexity index is 1220. The van der Waals surface area contributed by atoms with E-state index in [0.29, 0.717) is 41.9 Å². The van der Waals surface area contributed by atoms with E-state index in [1.165, 1.54) is 25.7 Å². The van der Waals surface area contributed by atoms with Crippen molar-refractivity contribution in [2.24, 2.45) is 51.4 Å². The van der Waals surface area contributed by atoms with Crippen molar-refractivity contribution in [1.82, 2.24) is 10.4 Å². The highest BCUT2D eigenvalue weighted by molar-refractivity contribution is 5.99. The number of aliphatic hydroxyl groups excluding tert-OH is 2. The molecule has 0 radical (unpaired) electrons. The van der Waals surface area contributed by atoms with Crippen molar-refractivity contribution in [1.29, 1.82) is 0 Å². The van der Waals surface area contributed by atoms with Crippen LogP contribution in [0.4, 0.5) is 0 Å². The van der Waals surface area contributed by atoms with Crippen LogP contribution in [0.25, 0.3) is 10.9 Å². The van der Waals surface area contributed by atoms with Crippen molar-refractivity contribution >= 4 is 23.0 Å². The van der Waals surface area contributed by atoms with E-state index in [1.54, 1.807) is 6.21 Å². The summed E-state index contributed by atoms with van der Waals surface area (Å²) >= 11 is 0. The largest absolute Gasteiger partial charge is 0.393 e. The highest BCUT2D eigenvalue weighted by Gasteiger charge is 2.62. The molecule has 4 aliphatic carbocycles. The maximum atomic E-state index is 12.7. The molecular formula is C33H47N3O3. The normalized spacial score (nSPS) is 40.7. The van der Waals surface area contributed by atoms with Gasteiger partial charge in [0.25, 0.3) is 0 Å². The monoisotopic (exact) mass is 533 g/mol. The minimum Gasteiger partial charge on any atom is -0.393 e. The number of benzene rings is 1. The first kappa shape index (κ1) is 27.0. The fraction of sp³-hybridized carbons (Fsp3) is 0.697. The summed E-state index contributed by atoms with van der Waals surface area (Å²) in [7, 11) is 0. The number of nitrogens with zero attached hydrogens (tertiary/aromatic N) is 1. The second-order valence-corrected chi connectivity index (χ2v) is 14.1. The average molecular weight is 534 g/mol. The van der Waals surface area contributed by atoms with Gasteiger partial charge in [-0.05, 0) is 110 Å². The maximum Gasteiger partial charge on any atom is 0.240 e. The van der Waals surface area contributed by atoms with Crippen molar-refractivity contribution in [3.8, 4) is 0 Å². The molecule has 2 aromatic rings. The molecule has 1 aromatic heterocycles. The van der Waals surface area contributed by atoms with Gasteiger partial charge >= 0.3 is 0 Å². The Morgan fingerprint density at radius 1 is 1.10 bits per heavy atom. The van der Waals surface area contributed by atoms with E-state index in [4.69, 9.17) is 0 Å². The molecular weight excluding hydrogens is 486 g/mol. The first-order valence-corrected chi connectivity index (χ1v) is 15.4. The second kappa shape index (κ2) is 10.3. The Kier molecular flexibility index (Phi) is 7.16. The number of fused-ring (bicyclic) bond motifs is 6. The van der Waals surface area contributed by atoms with Gasteiger partial charge in [0.2, 0.25) is 5.91 Å². The highest BCUT2D eigenvalue weighted by atomic mass is 16.3. The summed E-state index contributed by atoms with van der Waals surface area (Å²) in [5, 5.41) is 27.1. The van der Waals surface area contributed by atoms with Gasteiger partial charge < -0.3 is 15.2 Å². The van der Waals surface area contributed by atoms with Crippen molar-refractivity contribution in [2.75, 3.05) is 0 Å². The van der Waals surface area contributed by atoms with Crippen LogP contribution in [0, 0.1) is 46.3 Å². The molecule has 0 saturated heterocycles. The molecule has 0 bridgehead atoms. The van der Waals surface area contributed by atoms with E-state index in [9.17, 15) is 15.0 Å². The minimum absolute atomic E-state index is 0.0255. The smallest absolute Gasteiger partial charge is 0.240 e. The number of carbonyl (C=O) groups excluding carboxylic acids is 1. The number of aliphatic hydroxyl groups is 2. The number of hydrogen-bond donors (Lipinski definition) is 4. The lowest BCUT2D eigenvalue weighted by molar-refractivity contribution is -0.174. The third-order valence-corrected chi connectivity index (χ3v) is 12.3. The van der Waals surface area contributed by atoms with Gasteiger partial charge in [0.1, 0.15) is 0 Å². The Morgan fingerprint density at radius 3 is 2.72 bits per heavy atom. The molecule has 39 heavy (non-hydrogen) atoms. The molecule has 0 unspecified atom stereocenters. The highest BCUT2D eigenvalue weighted by Crippen LogP contribution is 2.68. The van der Waals surface area contributed by atoms with Gasteiger partial charge in [-0.3, -0.25) is 4.79 Å². The van der Waals surface area contributed by atoms with Crippen LogP contribution < -0.4 is 5.43 Å². The molecule has 4 N–H and O–H groups in total. The fourth-order valence-corrected chi connectivity index (χ4v) is 10.2. The van der Waals surface area contributed by atoms with E-state index in [0.717, 1.165) is 48.6 Å². The van der Waals surface area contributed by atoms with Crippen LogP contribution in [0.5, 0.6) is 0 Å². The lowest BCUT2D eigenvalue weighted by atomic mass is 9.43. The third kappa shape index (κ3) is 4.65. The van der Waals surface area contributed by atoms with Crippen molar-refractivity contribution in [3.63, 3.8) is 0 Å². The van der Waals surface area contributed by atoms with E-state index in [-0.39, 0.29) is 28.9 Å². The van der Waals surface area contributed by atoms with E-state index in [2.05, 4.69) is 36.3 Å². The predicted molar refractivity (Wildman–Crippen MR) is 155 cm³/mol. The molecule has 1 aromatic carbocycles. The first-order chi connectivity index (χ1) is 18.7. The number of para-hydroxylation sites is 1. The van der Waals surface area contributed by atoms with Crippen molar-refractivity contribution < 1.29 is 15.0 Å². The van der Waals surface area contributed by atoms with Gasteiger partial charge in [0.05, 0.1) is 18.4 Å². The summed E-state index contributed by atoms with van der Waals surface area (Å²) in [6.45, 7) is 7.31. The van der Waals surface area contributed by atoms with Gasteiger partial charge in [0.15, 0.2) is 0 Å². The van der Waals surface area contributed by atoms with Gasteiger partial charge in [-0.25, -0.2) is 5.43 Å². The topological polar surface area (TPSA) is 97.7 Å². The summed E-state index contributed by atoms with van der Waals surface area (Å²) in [5.41, 5.74) is 5.27. The van der Waals surface area contributed by atoms with Gasteiger partial charge in [-0.1, -0.05) is 39.0 Å². The lowest BCUT2D eigenvalue weighted by Crippen LogP contribution is -2.58. The first-order valence-electron chi connectivity index (χ1n) is 15.4. The molecule has 4 fully saturated rings.